The average Bonchev–Trinajstić information content (AvgIpc) is 1.81. The fraction of sp³-hybridized carbons (Fsp3) is 0.667. The van der Waals surface area contributed by atoms with Crippen LogP contribution in [0.2, 0.25) is 0 Å². The summed E-state index contributed by atoms with van der Waals surface area (Å²) in [7, 11) is -7.19. The average molecular weight is 227 g/mol. The lowest BCUT2D eigenvalue weighted by Gasteiger charge is -2.02. The zero-order chi connectivity index (χ0) is 10.5. The number of sulfonamides is 1. The topological polar surface area (TPSA) is 80.3 Å². The molecular formula is C6H13NO4S2. The first kappa shape index (κ1) is 12.6. The van der Waals surface area contributed by atoms with E-state index in [9.17, 15) is 16.8 Å². The summed E-state index contributed by atoms with van der Waals surface area (Å²) in [4.78, 5) is 0. The molecule has 7 heteroatoms. The van der Waals surface area contributed by atoms with Crippen LogP contribution in [0.1, 0.15) is 6.42 Å². The van der Waals surface area contributed by atoms with E-state index in [1.165, 1.54) is 0 Å². The number of hydrogen-bond donors (Lipinski definition) is 1. The minimum atomic E-state index is -3.70. The first-order valence-electron chi connectivity index (χ1n) is 3.53. The molecule has 0 amide bonds. The molecule has 0 aliphatic rings. The third-order valence-corrected chi connectivity index (χ3v) is 4.64. The standard InChI is InChI=1S/C6H13NO4S2/c1-3-4-5-7-13(10,11)6-12(2,8)9/h3,7H,1,4-6H2,2H3. The van der Waals surface area contributed by atoms with Crippen molar-refractivity contribution >= 4 is 19.9 Å². The van der Waals surface area contributed by atoms with Gasteiger partial charge in [-0.25, -0.2) is 21.6 Å². The zero-order valence-corrected chi connectivity index (χ0v) is 8.99. The number of rotatable bonds is 6. The molecule has 0 bridgehead atoms. The molecule has 0 aliphatic carbocycles. The summed E-state index contributed by atoms with van der Waals surface area (Å²) < 4.78 is 45.4. The summed E-state index contributed by atoms with van der Waals surface area (Å²) in [6, 6.07) is 0. The maximum atomic E-state index is 11.0. The Labute approximate surface area is 78.8 Å². The van der Waals surface area contributed by atoms with Crippen molar-refractivity contribution in [3.8, 4) is 0 Å². The summed E-state index contributed by atoms with van der Waals surface area (Å²) in [6.45, 7) is 3.58. The van der Waals surface area contributed by atoms with Gasteiger partial charge in [-0.1, -0.05) is 6.08 Å². The van der Waals surface area contributed by atoms with Crippen LogP contribution in [0.5, 0.6) is 0 Å². The fourth-order valence-electron chi connectivity index (χ4n) is 0.640. The predicted octanol–water partition coefficient (Wildman–Crippen LogP) is -0.516. The Hall–Kier alpha value is -0.400. The Morgan fingerprint density at radius 3 is 2.23 bits per heavy atom. The lowest BCUT2D eigenvalue weighted by molar-refractivity contribution is 0.581. The summed E-state index contributed by atoms with van der Waals surface area (Å²) in [6.07, 6.45) is 2.89. The molecule has 5 nitrogen and oxygen atoms in total. The Morgan fingerprint density at radius 1 is 1.31 bits per heavy atom. The lowest BCUT2D eigenvalue weighted by atomic mass is 10.4. The molecule has 13 heavy (non-hydrogen) atoms. The van der Waals surface area contributed by atoms with Crippen molar-refractivity contribution in [1.82, 2.24) is 4.72 Å². The highest BCUT2D eigenvalue weighted by molar-refractivity contribution is 8.06. The van der Waals surface area contributed by atoms with E-state index in [0.717, 1.165) is 6.26 Å². The lowest BCUT2D eigenvalue weighted by Crippen LogP contribution is -2.30. The molecule has 1 N–H and O–H groups in total. The molecule has 0 saturated carbocycles. The molecule has 0 atom stereocenters. The third kappa shape index (κ3) is 7.94. The van der Waals surface area contributed by atoms with Crippen LogP contribution in [-0.4, -0.2) is 34.7 Å². The number of sulfone groups is 1. The largest absolute Gasteiger partial charge is 0.228 e. The molecule has 0 rings (SSSR count). The first-order chi connectivity index (χ1) is 5.77. The van der Waals surface area contributed by atoms with Crippen LogP contribution in [0.3, 0.4) is 0 Å². The number of hydrogen-bond acceptors (Lipinski definition) is 4. The molecular weight excluding hydrogens is 214 g/mol. The Kier molecular flexibility index (Phi) is 4.58. The summed E-state index contributed by atoms with van der Waals surface area (Å²) in [5, 5.41) is -0.864. The van der Waals surface area contributed by atoms with Gasteiger partial charge in [0.2, 0.25) is 10.0 Å². The maximum absolute atomic E-state index is 11.0. The van der Waals surface area contributed by atoms with E-state index in [4.69, 9.17) is 0 Å². The second kappa shape index (κ2) is 4.73. The summed E-state index contributed by atoms with van der Waals surface area (Å²) in [5.74, 6) is 0. The second-order valence-electron chi connectivity index (χ2n) is 2.63. The molecule has 0 saturated heterocycles. The highest BCUT2D eigenvalue weighted by atomic mass is 32.3. The van der Waals surface area contributed by atoms with Gasteiger partial charge >= 0.3 is 0 Å². The van der Waals surface area contributed by atoms with Crippen LogP contribution in [0.25, 0.3) is 0 Å². The van der Waals surface area contributed by atoms with Gasteiger partial charge < -0.3 is 0 Å². The van der Waals surface area contributed by atoms with Crippen molar-refractivity contribution in [2.75, 3.05) is 17.9 Å². The van der Waals surface area contributed by atoms with Gasteiger partial charge in [0.05, 0.1) is 0 Å². The van der Waals surface area contributed by atoms with Crippen molar-refractivity contribution in [2.45, 2.75) is 6.42 Å². The van der Waals surface area contributed by atoms with Crippen LogP contribution in [0.15, 0.2) is 12.7 Å². The molecule has 0 heterocycles. The van der Waals surface area contributed by atoms with E-state index < -0.39 is 24.9 Å². The normalized spacial score (nSPS) is 12.7. The van der Waals surface area contributed by atoms with Gasteiger partial charge in [0.1, 0.15) is 0 Å². The van der Waals surface area contributed by atoms with Crippen LogP contribution in [0.4, 0.5) is 0 Å². The molecule has 0 aromatic carbocycles. The van der Waals surface area contributed by atoms with E-state index in [-0.39, 0.29) is 6.54 Å². The van der Waals surface area contributed by atoms with Crippen molar-refractivity contribution < 1.29 is 16.8 Å². The predicted molar refractivity (Wildman–Crippen MR) is 51.4 cm³/mol. The Morgan fingerprint density at radius 2 is 1.85 bits per heavy atom. The smallest absolute Gasteiger partial charge is 0.226 e. The van der Waals surface area contributed by atoms with Gasteiger partial charge in [-0.05, 0) is 6.42 Å². The third-order valence-electron chi connectivity index (χ3n) is 1.04. The van der Waals surface area contributed by atoms with Gasteiger partial charge in [0.25, 0.3) is 0 Å². The summed E-state index contributed by atoms with van der Waals surface area (Å²) >= 11 is 0. The van der Waals surface area contributed by atoms with Gasteiger partial charge in [0.15, 0.2) is 14.9 Å². The molecule has 78 valence electrons. The quantitative estimate of drug-likeness (QED) is 0.489. The van der Waals surface area contributed by atoms with Gasteiger partial charge in [0, 0.05) is 12.8 Å². The van der Waals surface area contributed by atoms with E-state index in [2.05, 4.69) is 11.3 Å². The molecule has 0 aromatic heterocycles. The molecule has 0 radical (unpaired) electrons. The Balaban J connectivity index is 4.19. The minimum Gasteiger partial charge on any atom is -0.228 e. The summed E-state index contributed by atoms with van der Waals surface area (Å²) in [5.41, 5.74) is 0. The van der Waals surface area contributed by atoms with Crippen molar-refractivity contribution in [2.24, 2.45) is 0 Å². The van der Waals surface area contributed by atoms with Crippen LogP contribution < -0.4 is 4.72 Å². The zero-order valence-electron chi connectivity index (χ0n) is 7.36. The monoisotopic (exact) mass is 227 g/mol. The van der Waals surface area contributed by atoms with Crippen molar-refractivity contribution in [1.29, 1.82) is 0 Å². The van der Waals surface area contributed by atoms with Crippen LogP contribution >= 0.6 is 0 Å². The van der Waals surface area contributed by atoms with Crippen LogP contribution in [0, 0.1) is 0 Å². The SMILES string of the molecule is C=CCCNS(=O)(=O)CS(C)(=O)=O. The van der Waals surface area contributed by atoms with Crippen LogP contribution in [-0.2, 0) is 19.9 Å². The highest BCUT2D eigenvalue weighted by Gasteiger charge is 2.16. The van der Waals surface area contributed by atoms with E-state index in [1.54, 1.807) is 6.08 Å². The maximum Gasteiger partial charge on any atom is 0.226 e. The second-order valence-corrected chi connectivity index (χ2v) is 6.94. The molecule has 0 fully saturated rings. The van der Waals surface area contributed by atoms with E-state index in [0.29, 0.717) is 6.42 Å². The first-order valence-corrected chi connectivity index (χ1v) is 7.24. The van der Waals surface area contributed by atoms with Crippen molar-refractivity contribution in [3.63, 3.8) is 0 Å². The molecule has 0 aromatic rings. The number of nitrogens with one attached hydrogen (secondary N) is 1. The van der Waals surface area contributed by atoms with Crippen molar-refractivity contribution in [3.05, 3.63) is 12.7 Å². The molecule has 0 aliphatic heterocycles. The van der Waals surface area contributed by atoms with E-state index in [1.807, 2.05) is 0 Å². The Bertz CT molecular complexity index is 354. The molecule has 0 unspecified atom stereocenters. The molecule has 0 spiro atoms. The highest BCUT2D eigenvalue weighted by Crippen LogP contribution is 1.92. The fourth-order valence-corrected chi connectivity index (χ4v) is 3.66. The van der Waals surface area contributed by atoms with E-state index >= 15 is 0 Å². The minimum absolute atomic E-state index is 0.182. The van der Waals surface area contributed by atoms with Gasteiger partial charge in [-0.3, -0.25) is 0 Å². The van der Waals surface area contributed by atoms with Gasteiger partial charge in [-0.15, -0.1) is 6.58 Å². The van der Waals surface area contributed by atoms with Gasteiger partial charge in [-0.2, -0.15) is 0 Å².